The van der Waals surface area contributed by atoms with E-state index in [0.717, 1.165) is 45.3 Å². The van der Waals surface area contributed by atoms with Gasteiger partial charge >= 0.3 is 0 Å². The van der Waals surface area contributed by atoms with Gasteiger partial charge in [-0.3, -0.25) is 9.69 Å². The van der Waals surface area contributed by atoms with Crippen molar-refractivity contribution in [2.24, 2.45) is 5.92 Å². The average Bonchev–Trinajstić information content (AvgIpc) is 3.41. The van der Waals surface area contributed by atoms with E-state index in [4.69, 9.17) is 4.74 Å². The van der Waals surface area contributed by atoms with Gasteiger partial charge in [0.2, 0.25) is 5.91 Å². The highest BCUT2D eigenvalue weighted by Gasteiger charge is 2.32. The molecule has 3 rings (SSSR count). The van der Waals surface area contributed by atoms with Gasteiger partial charge in [-0.05, 0) is 55.8 Å². The number of amides is 1. The monoisotopic (exact) mass is 332 g/mol. The van der Waals surface area contributed by atoms with Gasteiger partial charge in [-0.15, -0.1) is 0 Å². The number of hydrogen-bond donors (Lipinski definition) is 2. The van der Waals surface area contributed by atoms with E-state index in [1.54, 1.807) is 7.11 Å². The van der Waals surface area contributed by atoms with Crippen molar-refractivity contribution in [2.75, 3.05) is 20.2 Å². The van der Waals surface area contributed by atoms with Gasteiger partial charge in [-0.25, -0.2) is 0 Å². The third-order valence-corrected chi connectivity index (χ3v) is 5.01. The van der Waals surface area contributed by atoms with E-state index in [1.807, 2.05) is 0 Å². The summed E-state index contributed by atoms with van der Waals surface area (Å²) in [4.78, 5) is 14.4. The van der Waals surface area contributed by atoms with Gasteiger partial charge in [0, 0.05) is 19.7 Å². The quantitative estimate of drug-likeness (QED) is 0.798. The molecular weight excluding hydrogens is 304 g/mol. The predicted octanol–water partition coefficient (Wildman–Crippen LogP) is 1.68. The molecular formula is C19H28N2O3. The lowest BCUT2D eigenvalue weighted by molar-refractivity contribution is -0.133. The zero-order valence-corrected chi connectivity index (χ0v) is 14.4. The van der Waals surface area contributed by atoms with E-state index < -0.39 is 6.10 Å². The van der Waals surface area contributed by atoms with Crippen LogP contribution in [0.5, 0.6) is 0 Å². The van der Waals surface area contributed by atoms with Crippen molar-refractivity contribution in [2.45, 2.75) is 51.0 Å². The summed E-state index contributed by atoms with van der Waals surface area (Å²) in [6, 6.07) is 8.83. The van der Waals surface area contributed by atoms with Gasteiger partial charge in [-0.1, -0.05) is 24.3 Å². The molecule has 5 heteroatoms. The van der Waals surface area contributed by atoms with Crippen LogP contribution in [0, 0.1) is 5.92 Å². The van der Waals surface area contributed by atoms with Crippen LogP contribution in [0.25, 0.3) is 0 Å². The van der Waals surface area contributed by atoms with Crippen molar-refractivity contribution >= 4 is 5.91 Å². The summed E-state index contributed by atoms with van der Waals surface area (Å²) in [5.74, 6) is -0.0891. The van der Waals surface area contributed by atoms with E-state index in [1.165, 1.54) is 11.1 Å². The number of carbonyl (C=O) groups is 1. The maximum atomic E-state index is 12.0. The second-order valence-electron chi connectivity index (χ2n) is 7.09. The summed E-state index contributed by atoms with van der Waals surface area (Å²) in [6.07, 6.45) is 3.02. The number of benzene rings is 1. The summed E-state index contributed by atoms with van der Waals surface area (Å²) in [5, 5.41) is 13.1. The fraction of sp³-hybridized carbons (Fsp3) is 0.632. The van der Waals surface area contributed by atoms with Gasteiger partial charge < -0.3 is 15.2 Å². The maximum Gasteiger partial charge on any atom is 0.249 e. The molecule has 0 bridgehead atoms. The number of likely N-dealkylation sites (tertiary alicyclic amines) is 1. The molecule has 1 unspecified atom stereocenters. The van der Waals surface area contributed by atoms with E-state index >= 15 is 0 Å². The number of ether oxygens (including phenoxy) is 1. The van der Waals surface area contributed by atoms with Crippen molar-refractivity contribution in [1.29, 1.82) is 0 Å². The molecule has 2 N–H and O–H groups in total. The van der Waals surface area contributed by atoms with Crippen LogP contribution >= 0.6 is 0 Å². The molecule has 5 nitrogen and oxygen atoms in total. The highest BCUT2D eigenvalue weighted by atomic mass is 16.5. The first kappa shape index (κ1) is 17.4. The summed E-state index contributed by atoms with van der Waals surface area (Å²) in [6.45, 7) is 3.42. The zero-order chi connectivity index (χ0) is 16.9. The molecule has 0 radical (unpaired) electrons. The second kappa shape index (κ2) is 8.10. The number of aliphatic hydroxyl groups excluding tert-OH is 1. The van der Waals surface area contributed by atoms with Crippen molar-refractivity contribution in [1.82, 2.24) is 10.2 Å². The van der Waals surface area contributed by atoms with Crippen LogP contribution in [0.1, 0.15) is 36.8 Å². The fourth-order valence-corrected chi connectivity index (χ4v) is 3.32. The minimum Gasteiger partial charge on any atom is -0.383 e. The third kappa shape index (κ3) is 4.79. The van der Waals surface area contributed by atoms with E-state index in [-0.39, 0.29) is 11.8 Å². The lowest BCUT2D eigenvalue weighted by Gasteiger charge is -2.33. The van der Waals surface area contributed by atoms with Crippen LogP contribution in [0.3, 0.4) is 0 Å². The molecule has 2 fully saturated rings. The molecule has 1 heterocycles. The van der Waals surface area contributed by atoms with Crippen LogP contribution in [0.4, 0.5) is 0 Å². The van der Waals surface area contributed by atoms with Gasteiger partial charge in [-0.2, -0.15) is 0 Å². The highest BCUT2D eigenvalue weighted by Crippen LogP contribution is 2.24. The summed E-state index contributed by atoms with van der Waals surface area (Å²) >= 11 is 0. The first-order chi connectivity index (χ1) is 11.7. The van der Waals surface area contributed by atoms with Crippen LogP contribution in [-0.2, 0) is 22.7 Å². The Morgan fingerprint density at radius 3 is 2.42 bits per heavy atom. The summed E-state index contributed by atoms with van der Waals surface area (Å²) in [5.41, 5.74) is 2.48. The fourth-order valence-electron chi connectivity index (χ4n) is 3.32. The Balaban J connectivity index is 1.43. The first-order valence-corrected chi connectivity index (χ1v) is 8.93. The summed E-state index contributed by atoms with van der Waals surface area (Å²) < 4.78 is 5.13. The molecule has 1 atom stereocenters. The Hall–Kier alpha value is -1.43. The van der Waals surface area contributed by atoms with Crippen LogP contribution < -0.4 is 5.32 Å². The number of methoxy groups -OCH3 is 1. The second-order valence-corrected chi connectivity index (χ2v) is 7.09. The molecule has 1 aromatic rings. The minimum absolute atomic E-state index is 0.0871. The Morgan fingerprint density at radius 2 is 1.83 bits per heavy atom. The molecule has 1 aliphatic heterocycles. The van der Waals surface area contributed by atoms with E-state index in [2.05, 4.69) is 34.5 Å². The molecule has 24 heavy (non-hydrogen) atoms. The molecule has 2 aliphatic rings. The minimum atomic E-state index is -0.846. The molecule has 1 saturated carbocycles. The van der Waals surface area contributed by atoms with Crippen molar-refractivity contribution in [3.63, 3.8) is 0 Å². The van der Waals surface area contributed by atoms with Gasteiger partial charge in [0.15, 0.2) is 0 Å². The van der Waals surface area contributed by atoms with Crippen molar-refractivity contribution < 1.29 is 14.6 Å². The van der Waals surface area contributed by atoms with Gasteiger partial charge in [0.1, 0.15) is 6.10 Å². The Morgan fingerprint density at radius 1 is 1.21 bits per heavy atom. The van der Waals surface area contributed by atoms with Crippen molar-refractivity contribution in [3.05, 3.63) is 35.4 Å². The van der Waals surface area contributed by atoms with E-state index in [0.29, 0.717) is 12.6 Å². The molecule has 1 aromatic carbocycles. The number of piperidine rings is 1. The Labute approximate surface area is 144 Å². The Kier molecular flexibility index (Phi) is 5.87. The van der Waals surface area contributed by atoms with Crippen molar-refractivity contribution in [3.8, 4) is 0 Å². The van der Waals surface area contributed by atoms with Crippen LogP contribution in [0.2, 0.25) is 0 Å². The molecule has 0 aromatic heterocycles. The highest BCUT2D eigenvalue weighted by molar-refractivity contribution is 5.81. The number of rotatable bonds is 7. The SMILES string of the molecule is COCc1ccc(CN2CCC(C(O)C(=O)NC3CC3)CC2)cc1. The summed E-state index contributed by atoms with van der Waals surface area (Å²) in [7, 11) is 1.71. The lowest BCUT2D eigenvalue weighted by Crippen LogP contribution is -2.44. The molecule has 132 valence electrons. The molecule has 1 aliphatic carbocycles. The number of hydrogen-bond acceptors (Lipinski definition) is 4. The average molecular weight is 332 g/mol. The number of nitrogens with one attached hydrogen (secondary N) is 1. The maximum absolute atomic E-state index is 12.0. The van der Waals surface area contributed by atoms with Crippen LogP contribution in [0.15, 0.2) is 24.3 Å². The van der Waals surface area contributed by atoms with E-state index in [9.17, 15) is 9.90 Å². The van der Waals surface area contributed by atoms with Gasteiger partial charge in [0.25, 0.3) is 0 Å². The standard InChI is InChI=1S/C19H28N2O3/c1-24-13-15-4-2-14(3-5-15)12-21-10-8-16(9-11-21)18(22)19(23)20-17-6-7-17/h2-5,16-18,22H,6-13H2,1H3,(H,20,23). The number of carbonyl (C=O) groups excluding carboxylic acids is 1. The third-order valence-electron chi connectivity index (χ3n) is 5.01. The molecule has 1 saturated heterocycles. The molecule has 1 amide bonds. The predicted molar refractivity (Wildman–Crippen MR) is 92.3 cm³/mol. The normalized spacial score (nSPS) is 20.8. The largest absolute Gasteiger partial charge is 0.383 e. The lowest BCUT2D eigenvalue weighted by atomic mass is 9.90. The smallest absolute Gasteiger partial charge is 0.249 e. The van der Waals surface area contributed by atoms with Crippen LogP contribution in [-0.4, -0.2) is 48.3 Å². The topological polar surface area (TPSA) is 61.8 Å². The number of aliphatic hydroxyl groups is 1. The zero-order valence-electron chi connectivity index (χ0n) is 14.4. The van der Waals surface area contributed by atoms with Gasteiger partial charge in [0.05, 0.1) is 6.61 Å². The number of nitrogens with zero attached hydrogens (tertiary/aromatic N) is 1. The first-order valence-electron chi connectivity index (χ1n) is 8.93. The molecule has 0 spiro atoms. The Bertz CT molecular complexity index is 534.